The molecule has 0 bridgehead atoms. The van der Waals surface area contributed by atoms with E-state index in [2.05, 4.69) is 15.8 Å². The van der Waals surface area contributed by atoms with Gasteiger partial charge in [-0.2, -0.15) is 5.10 Å². The molecule has 2 N–H and O–H groups in total. The topological polar surface area (TPSA) is 70.6 Å². The Bertz CT molecular complexity index is 516. The lowest BCUT2D eigenvalue weighted by molar-refractivity contribution is -0.140. The van der Waals surface area contributed by atoms with E-state index in [1.165, 1.54) is 5.56 Å². The molecular formula is C16H23N3O2. The van der Waals surface area contributed by atoms with Crippen LogP contribution in [0.15, 0.2) is 35.4 Å². The molecule has 0 aliphatic heterocycles. The first-order valence-corrected chi connectivity index (χ1v) is 6.97. The number of hydrogen-bond donors (Lipinski definition) is 2. The van der Waals surface area contributed by atoms with Crippen molar-refractivity contribution >= 4 is 17.5 Å². The van der Waals surface area contributed by atoms with Gasteiger partial charge >= 0.3 is 11.8 Å². The molecule has 114 valence electrons. The number of hydrazone groups is 1. The van der Waals surface area contributed by atoms with Gasteiger partial charge in [-0.3, -0.25) is 9.59 Å². The van der Waals surface area contributed by atoms with Gasteiger partial charge in [0, 0.05) is 11.3 Å². The lowest BCUT2D eigenvalue weighted by atomic mass is 10.1. The van der Waals surface area contributed by atoms with Gasteiger partial charge in [0.25, 0.3) is 0 Å². The van der Waals surface area contributed by atoms with E-state index in [0.29, 0.717) is 0 Å². The fourth-order valence-electron chi connectivity index (χ4n) is 1.62. The standard InChI is InChI=1S/C16H23N3O2/c1-12(10-11-13-8-6-5-7-9-13)18-19-15(21)14(20)17-16(2,3)4/h5-9H,10-11H2,1-4H3,(H,17,20)(H,19,21)/b18-12-. The first-order valence-electron chi connectivity index (χ1n) is 6.97. The van der Waals surface area contributed by atoms with Crippen LogP contribution in [0.1, 0.15) is 39.7 Å². The van der Waals surface area contributed by atoms with Crippen molar-refractivity contribution in [2.75, 3.05) is 0 Å². The maximum atomic E-state index is 11.6. The van der Waals surface area contributed by atoms with E-state index in [1.54, 1.807) is 0 Å². The van der Waals surface area contributed by atoms with Crippen molar-refractivity contribution in [2.24, 2.45) is 5.10 Å². The number of carbonyl (C=O) groups excluding carboxylic acids is 2. The van der Waals surface area contributed by atoms with Crippen LogP contribution in [0.3, 0.4) is 0 Å². The van der Waals surface area contributed by atoms with Crippen molar-refractivity contribution in [3.05, 3.63) is 35.9 Å². The fourth-order valence-corrected chi connectivity index (χ4v) is 1.62. The number of hydrogen-bond acceptors (Lipinski definition) is 3. The number of rotatable bonds is 4. The van der Waals surface area contributed by atoms with Crippen LogP contribution >= 0.6 is 0 Å². The molecular weight excluding hydrogens is 266 g/mol. The molecule has 0 radical (unpaired) electrons. The molecule has 0 saturated heterocycles. The minimum atomic E-state index is -0.746. The summed E-state index contributed by atoms with van der Waals surface area (Å²) in [7, 11) is 0. The van der Waals surface area contributed by atoms with Crippen molar-refractivity contribution < 1.29 is 9.59 Å². The summed E-state index contributed by atoms with van der Waals surface area (Å²) in [6, 6.07) is 10.0. The predicted octanol–water partition coefficient (Wildman–Crippen LogP) is 2.03. The number of benzene rings is 1. The second kappa shape index (κ2) is 7.57. The SMILES string of the molecule is C/C(CCc1ccccc1)=N/NC(=O)C(=O)NC(C)(C)C. The van der Waals surface area contributed by atoms with Crippen LogP contribution in [0.25, 0.3) is 0 Å². The van der Waals surface area contributed by atoms with Gasteiger partial charge in [0.15, 0.2) is 0 Å². The fraction of sp³-hybridized carbons (Fsp3) is 0.438. The molecule has 0 heterocycles. The Morgan fingerprint density at radius 3 is 2.29 bits per heavy atom. The van der Waals surface area contributed by atoms with E-state index in [0.717, 1.165) is 18.6 Å². The van der Waals surface area contributed by atoms with Gasteiger partial charge in [-0.1, -0.05) is 30.3 Å². The number of carbonyl (C=O) groups is 2. The van der Waals surface area contributed by atoms with Gasteiger partial charge in [0.1, 0.15) is 0 Å². The minimum absolute atomic E-state index is 0.444. The lowest BCUT2D eigenvalue weighted by Gasteiger charge is -2.19. The van der Waals surface area contributed by atoms with E-state index in [4.69, 9.17) is 0 Å². The van der Waals surface area contributed by atoms with Gasteiger partial charge in [-0.15, -0.1) is 0 Å². The highest BCUT2D eigenvalue weighted by molar-refractivity contribution is 6.35. The summed E-state index contributed by atoms with van der Waals surface area (Å²) in [4.78, 5) is 23.1. The Kier molecular flexibility index (Phi) is 6.09. The van der Waals surface area contributed by atoms with Crippen LogP contribution in [0.5, 0.6) is 0 Å². The summed E-state index contributed by atoms with van der Waals surface area (Å²) in [5.41, 5.74) is 3.82. The molecule has 0 fully saturated rings. The third kappa shape index (κ3) is 7.25. The lowest BCUT2D eigenvalue weighted by Crippen LogP contribution is -2.47. The Labute approximate surface area is 125 Å². The summed E-state index contributed by atoms with van der Waals surface area (Å²) >= 11 is 0. The third-order valence-corrected chi connectivity index (χ3v) is 2.66. The van der Waals surface area contributed by atoms with Crippen LogP contribution < -0.4 is 10.7 Å². The Morgan fingerprint density at radius 1 is 1.10 bits per heavy atom. The predicted molar refractivity (Wildman–Crippen MR) is 83.9 cm³/mol. The van der Waals surface area contributed by atoms with Crippen LogP contribution in [0.2, 0.25) is 0 Å². The minimum Gasteiger partial charge on any atom is -0.343 e. The maximum absolute atomic E-state index is 11.6. The molecule has 1 aromatic rings. The molecule has 1 rings (SSSR count). The van der Waals surface area contributed by atoms with Gasteiger partial charge in [0.2, 0.25) is 0 Å². The summed E-state index contributed by atoms with van der Waals surface area (Å²) in [5.74, 6) is -1.42. The highest BCUT2D eigenvalue weighted by Gasteiger charge is 2.19. The highest BCUT2D eigenvalue weighted by atomic mass is 16.2. The van der Waals surface area contributed by atoms with Gasteiger partial charge < -0.3 is 5.32 Å². The van der Waals surface area contributed by atoms with Crippen LogP contribution in [-0.2, 0) is 16.0 Å². The molecule has 0 aromatic heterocycles. The molecule has 21 heavy (non-hydrogen) atoms. The van der Waals surface area contributed by atoms with E-state index >= 15 is 0 Å². The summed E-state index contributed by atoms with van der Waals surface area (Å²) in [6.45, 7) is 7.26. The largest absolute Gasteiger partial charge is 0.343 e. The quantitative estimate of drug-likeness (QED) is 0.506. The Balaban J connectivity index is 2.41. The number of nitrogens with zero attached hydrogens (tertiary/aromatic N) is 1. The van der Waals surface area contributed by atoms with Crippen molar-refractivity contribution in [3.8, 4) is 0 Å². The zero-order valence-electron chi connectivity index (χ0n) is 13.1. The van der Waals surface area contributed by atoms with E-state index in [9.17, 15) is 9.59 Å². The average molecular weight is 289 g/mol. The molecule has 0 spiro atoms. The summed E-state index contributed by atoms with van der Waals surface area (Å²) < 4.78 is 0. The highest BCUT2D eigenvalue weighted by Crippen LogP contribution is 2.03. The second-order valence-corrected chi connectivity index (χ2v) is 5.98. The van der Waals surface area contributed by atoms with Gasteiger partial charge in [0.05, 0.1) is 0 Å². The number of amides is 2. The van der Waals surface area contributed by atoms with Crippen LogP contribution in [0.4, 0.5) is 0 Å². The zero-order chi connectivity index (χ0) is 15.9. The van der Waals surface area contributed by atoms with Crippen molar-refractivity contribution in [1.82, 2.24) is 10.7 Å². The van der Waals surface area contributed by atoms with E-state index < -0.39 is 17.4 Å². The molecule has 0 saturated carbocycles. The normalized spacial score (nSPS) is 11.9. The second-order valence-electron chi connectivity index (χ2n) is 5.98. The molecule has 0 aliphatic carbocycles. The molecule has 5 heteroatoms. The van der Waals surface area contributed by atoms with Gasteiger partial charge in [-0.25, -0.2) is 5.43 Å². The number of nitrogens with one attached hydrogen (secondary N) is 2. The van der Waals surface area contributed by atoms with E-state index in [-0.39, 0.29) is 0 Å². The summed E-state index contributed by atoms with van der Waals surface area (Å²) in [5, 5.41) is 6.53. The van der Waals surface area contributed by atoms with Crippen molar-refractivity contribution in [2.45, 2.75) is 46.1 Å². The first kappa shape index (κ1) is 16.9. The third-order valence-electron chi connectivity index (χ3n) is 2.66. The average Bonchev–Trinajstić information content (AvgIpc) is 2.41. The molecule has 0 aliphatic rings. The Hall–Kier alpha value is -2.17. The van der Waals surface area contributed by atoms with Crippen LogP contribution in [-0.4, -0.2) is 23.1 Å². The molecule has 0 unspecified atom stereocenters. The van der Waals surface area contributed by atoms with Crippen molar-refractivity contribution in [1.29, 1.82) is 0 Å². The smallest absolute Gasteiger partial charge is 0.329 e. The van der Waals surface area contributed by atoms with Crippen LogP contribution in [0, 0.1) is 0 Å². The number of aryl methyl sites for hydroxylation is 1. The molecule has 1 aromatic carbocycles. The van der Waals surface area contributed by atoms with Crippen molar-refractivity contribution in [3.63, 3.8) is 0 Å². The van der Waals surface area contributed by atoms with Gasteiger partial charge in [-0.05, 0) is 46.1 Å². The maximum Gasteiger partial charge on any atom is 0.329 e. The summed E-state index contributed by atoms with van der Waals surface area (Å²) in [6.07, 6.45) is 1.57. The monoisotopic (exact) mass is 289 g/mol. The Morgan fingerprint density at radius 2 is 1.71 bits per heavy atom. The van der Waals surface area contributed by atoms with E-state index in [1.807, 2.05) is 58.0 Å². The molecule has 0 atom stereocenters. The zero-order valence-corrected chi connectivity index (χ0v) is 13.1. The molecule has 5 nitrogen and oxygen atoms in total. The first-order chi connectivity index (χ1) is 9.78. The molecule has 2 amide bonds.